The van der Waals surface area contributed by atoms with Crippen molar-refractivity contribution in [3.8, 4) is 0 Å². The van der Waals surface area contributed by atoms with Gasteiger partial charge in [0.1, 0.15) is 0 Å². The first kappa shape index (κ1) is 19.7. The van der Waals surface area contributed by atoms with Crippen LogP contribution >= 0.6 is 31.9 Å². The minimum Gasteiger partial charge on any atom is -0.323 e. The maximum atomic E-state index is 3.55. The second kappa shape index (κ2) is 9.29. The molecule has 0 atom stereocenters. The molecule has 0 unspecified atom stereocenters. The topological polar surface area (TPSA) is 6.48 Å². The van der Waals surface area contributed by atoms with Gasteiger partial charge in [-0.2, -0.15) is 0 Å². The van der Waals surface area contributed by atoms with Gasteiger partial charge in [0, 0.05) is 31.7 Å². The first-order chi connectivity index (χ1) is 14.2. The zero-order chi connectivity index (χ0) is 20.1. The van der Waals surface area contributed by atoms with Crippen LogP contribution in [0.3, 0.4) is 0 Å². The Hall–Kier alpha value is -2.56. The van der Waals surface area contributed by atoms with E-state index in [-0.39, 0.29) is 0 Å². The highest BCUT2D eigenvalue weighted by Gasteiger charge is 2.16. The molecule has 0 amide bonds. The monoisotopic (exact) mass is 506 g/mol. The normalized spacial score (nSPS) is 10.6. The summed E-state index contributed by atoms with van der Waals surface area (Å²) in [5, 5.41) is 0. The third-order valence-corrected chi connectivity index (χ3v) is 5.75. The van der Waals surface area contributed by atoms with Crippen molar-refractivity contribution in [1.82, 2.24) is 0 Å². The molecule has 29 heavy (non-hydrogen) atoms. The summed E-state index contributed by atoms with van der Waals surface area (Å²) in [6.07, 6.45) is 0. The standard InChI is InChI=1S/C25H20Br2N2/c26-20-11-15-24(16-12-20)28(22-7-3-1-4-8-22)19-29(23-9-5-2-6-10-23)25-17-13-21(27)14-18-25/h1-18H,19H2. The van der Waals surface area contributed by atoms with E-state index >= 15 is 0 Å². The first-order valence-electron chi connectivity index (χ1n) is 9.37. The second-order valence-electron chi connectivity index (χ2n) is 6.62. The lowest BCUT2D eigenvalue weighted by Crippen LogP contribution is -2.32. The summed E-state index contributed by atoms with van der Waals surface area (Å²) in [5.74, 6) is 0. The highest BCUT2D eigenvalue weighted by Crippen LogP contribution is 2.32. The molecule has 0 heterocycles. The molecule has 0 bridgehead atoms. The van der Waals surface area contributed by atoms with Gasteiger partial charge < -0.3 is 9.80 Å². The number of hydrogen-bond acceptors (Lipinski definition) is 2. The predicted octanol–water partition coefficient (Wildman–Crippen LogP) is 8.15. The van der Waals surface area contributed by atoms with Crippen LogP contribution in [-0.4, -0.2) is 6.67 Å². The van der Waals surface area contributed by atoms with Crippen LogP contribution in [-0.2, 0) is 0 Å². The van der Waals surface area contributed by atoms with Gasteiger partial charge in [-0.05, 0) is 72.8 Å². The van der Waals surface area contributed by atoms with Crippen molar-refractivity contribution < 1.29 is 0 Å². The fourth-order valence-corrected chi connectivity index (χ4v) is 3.75. The van der Waals surface area contributed by atoms with Gasteiger partial charge in [-0.15, -0.1) is 0 Å². The van der Waals surface area contributed by atoms with E-state index in [0.717, 1.165) is 31.7 Å². The summed E-state index contributed by atoms with van der Waals surface area (Å²) in [6.45, 7) is 0.678. The molecule has 0 aliphatic carbocycles. The Balaban J connectivity index is 1.77. The summed E-state index contributed by atoms with van der Waals surface area (Å²) >= 11 is 7.10. The van der Waals surface area contributed by atoms with Gasteiger partial charge in [-0.1, -0.05) is 68.3 Å². The summed E-state index contributed by atoms with van der Waals surface area (Å²) in [7, 11) is 0. The summed E-state index contributed by atoms with van der Waals surface area (Å²) in [5.41, 5.74) is 4.57. The Morgan fingerprint density at radius 2 is 0.724 bits per heavy atom. The molecule has 0 radical (unpaired) electrons. The zero-order valence-corrected chi connectivity index (χ0v) is 18.9. The SMILES string of the molecule is Brc1ccc(N(CN(c2ccccc2)c2ccc(Br)cc2)c2ccccc2)cc1. The van der Waals surface area contributed by atoms with Crippen LogP contribution in [0.2, 0.25) is 0 Å². The fraction of sp³-hybridized carbons (Fsp3) is 0.0400. The third-order valence-electron chi connectivity index (χ3n) is 4.70. The first-order valence-corrected chi connectivity index (χ1v) is 11.0. The Kier molecular flexibility index (Phi) is 6.33. The molecule has 4 rings (SSSR count). The van der Waals surface area contributed by atoms with Crippen molar-refractivity contribution in [2.75, 3.05) is 16.5 Å². The lowest BCUT2D eigenvalue weighted by atomic mass is 10.2. The molecular weight excluding hydrogens is 488 g/mol. The van der Waals surface area contributed by atoms with E-state index in [2.05, 4.69) is 139 Å². The molecule has 0 aromatic heterocycles. The van der Waals surface area contributed by atoms with Gasteiger partial charge in [0.25, 0.3) is 0 Å². The van der Waals surface area contributed by atoms with Crippen LogP contribution in [0.25, 0.3) is 0 Å². The summed E-state index contributed by atoms with van der Waals surface area (Å²) in [6, 6.07) is 37.9. The lowest BCUT2D eigenvalue weighted by molar-refractivity contribution is 0.925. The quantitative estimate of drug-likeness (QED) is 0.243. The van der Waals surface area contributed by atoms with E-state index in [0.29, 0.717) is 6.67 Å². The molecule has 0 aliphatic rings. The Morgan fingerprint density at radius 1 is 0.414 bits per heavy atom. The van der Waals surface area contributed by atoms with Gasteiger partial charge in [0.15, 0.2) is 0 Å². The van der Waals surface area contributed by atoms with Crippen molar-refractivity contribution in [3.63, 3.8) is 0 Å². The van der Waals surface area contributed by atoms with E-state index in [1.165, 1.54) is 0 Å². The Bertz CT molecular complexity index is 947. The van der Waals surface area contributed by atoms with Gasteiger partial charge in [-0.3, -0.25) is 0 Å². The van der Waals surface area contributed by atoms with E-state index in [1.807, 2.05) is 12.1 Å². The van der Waals surface area contributed by atoms with Crippen LogP contribution in [0.15, 0.2) is 118 Å². The molecule has 2 nitrogen and oxygen atoms in total. The smallest absolute Gasteiger partial charge is 0.0999 e. The number of para-hydroxylation sites is 2. The van der Waals surface area contributed by atoms with Crippen LogP contribution in [0.5, 0.6) is 0 Å². The van der Waals surface area contributed by atoms with Gasteiger partial charge in [0.05, 0.1) is 6.67 Å². The second-order valence-corrected chi connectivity index (χ2v) is 8.45. The van der Waals surface area contributed by atoms with Crippen LogP contribution in [0.1, 0.15) is 0 Å². The van der Waals surface area contributed by atoms with Crippen LogP contribution in [0, 0.1) is 0 Å². The van der Waals surface area contributed by atoms with E-state index in [1.54, 1.807) is 0 Å². The minimum absolute atomic E-state index is 0.678. The average Bonchev–Trinajstić information content (AvgIpc) is 2.77. The molecule has 4 aromatic carbocycles. The molecule has 0 saturated heterocycles. The Labute approximate surface area is 188 Å². The van der Waals surface area contributed by atoms with Gasteiger partial charge >= 0.3 is 0 Å². The molecule has 0 spiro atoms. The highest BCUT2D eigenvalue weighted by molar-refractivity contribution is 9.10. The van der Waals surface area contributed by atoms with Gasteiger partial charge in [0.2, 0.25) is 0 Å². The average molecular weight is 508 g/mol. The maximum Gasteiger partial charge on any atom is 0.0999 e. The molecule has 0 saturated carbocycles. The van der Waals surface area contributed by atoms with Crippen LogP contribution < -0.4 is 9.80 Å². The predicted molar refractivity (Wildman–Crippen MR) is 130 cm³/mol. The summed E-state index contributed by atoms with van der Waals surface area (Å²) < 4.78 is 2.14. The fourth-order valence-electron chi connectivity index (χ4n) is 3.22. The molecule has 0 fully saturated rings. The van der Waals surface area contributed by atoms with Gasteiger partial charge in [-0.25, -0.2) is 0 Å². The number of halogens is 2. The minimum atomic E-state index is 0.678. The van der Waals surface area contributed by atoms with Crippen molar-refractivity contribution in [2.45, 2.75) is 0 Å². The summed E-state index contributed by atoms with van der Waals surface area (Å²) in [4.78, 5) is 4.64. The molecule has 0 N–H and O–H groups in total. The maximum absolute atomic E-state index is 3.55. The van der Waals surface area contributed by atoms with E-state index in [4.69, 9.17) is 0 Å². The van der Waals surface area contributed by atoms with Crippen molar-refractivity contribution >= 4 is 54.6 Å². The van der Waals surface area contributed by atoms with Crippen LogP contribution in [0.4, 0.5) is 22.7 Å². The Morgan fingerprint density at radius 3 is 1.07 bits per heavy atom. The zero-order valence-electron chi connectivity index (χ0n) is 15.7. The van der Waals surface area contributed by atoms with E-state index < -0.39 is 0 Å². The molecule has 0 aliphatic heterocycles. The number of anilines is 4. The van der Waals surface area contributed by atoms with E-state index in [9.17, 15) is 0 Å². The number of rotatable bonds is 6. The number of nitrogens with zero attached hydrogens (tertiary/aromatic N) is 2. The molecule has 144 valence electrons. The number of benzene rings is 4. The van der Waals surface area contributed by atoms with Crippen molar-refractivity contribution in [3.05, 3.63) is 118 Å². The molecular formula is C25H20Br2N2. The van der Waals surface area contributed by atoms with Crippen molar-refractivity contribution in [2.24, 2.45) is 0 Å². The van der Waals surface area contributed by atoms with Crippen molar-refractivity contribution in [1.29, 1.82) is 0 Å². The molecule has 4 heteroatoms. The number of hydrogen-bond donors (Lipinski definition) is 0. The molecule has 4 aromatic rings. The lowest BCUT2D eigenvalue weighted by Gasteiger charge is -2.34. The largest absolute Gasteiger partial charge is 0.323 e. The third kappa shape index (κ3) is 4.89. The highest BCUT2D eigenvalue weighted by atomic mass is 79.9.